The fourth-order valence-corrected chi connectivity index (χ4v) is 4.95. The lowest BCUT2D eigenvalue weighted by atomic mass is 9.74. The maximum Gasteiger partial charge on any atom is 0.225 e. The van der Waals surface area contributed by atoms with Crippen LogP contribution in [0.1, 0.15) is 77.6 Å². The second-order valence-electron chi connectivity index (χ2n) is 8.41. The van der Waals surface area contributed by atoms with E-state index in [2.05, 4.69) is 17.1 Å². The highest BCUT2D eigenvalue weighted by Crippen LogP contribution is 2.32. The van der Waals surface area contributed by atoms with Gasteiger partial charge in [0.15, 0.2) is 0 Å². The first kappa shape index (κ1) is 17.2. The number of carbonyl (C=O) groups is 1. The fourth-order valence-electron chi connectivity index (χ4n) is 4.95. The molecule has 132 valence electrons. The molecule has 3 aliphatic rings. The molecule has 0 aromatic carbocycles. The van der Waals surface area contributed by atoms with E-state index in [1.165, 1.54) is 32.1 Å². The van der Waals surface area contributed by atoms with Gasteiger partial charge in [0.25, 0.3) is 0 Å². The minimum atomic E-state index is -0.314. The van der Waals surface area contributed by atoms with E-state index >= 15 is 0 Å². The van der Waals surface area contributed by atoms with Crippen LogP contribution in [0, 0.1) is 5.92 Å². The van der Waals surface area contributed by atoms with Crippen LogP contribution in [-0.2, 0) is 4.79 Å². The molecule has 2 saturated carbocycles. The molecule has 0 bridgehead atoms. The number of amides is 1. The van der Waals surface area contributed by atoms with E-state index in [-0.39, 0.29) is 17.4 Å². The van der Waals surface area contributed by atoms with E-state index in [9.17, 15) is 4.79 Å². The highest BCUT2D eigenvalue weighted by atomic mass is 16.2. The number of nitrogens with zero attached hydrogens (tertiary/aromatic N) is 1. The Morgan fingerprint density at radius 1 is 1.00 bits per heavy atom. The van der Waals surface area contributed by atoms with Crippen molar-refractivity contribution in [1.82, 2.24) is 10.2 Å². The number of piperidine rings is 1. The summed E-state index contributed by atoms with van der Waals surface area (Å²) in [5.41, 5.74) is 6.06. The van der Waals surface area contributed by atoms with Crippen molar-refractivity contribution in [3.05, 3.63) is 0 Å². The largest absolute Gasteiger partial charge is 0.353 e. The maximum atomic E-state index is 12.7. The monoisotopic (exact) mass is 321 g/mol. The predicted octanol–water partition coefficient (Wildman–Crippen LogP) is 2.81. The van der Waals surface area contributed by atoms with E-state index in [1.807, 2.05) is 0 Å². The molecular formula is C19H35N3O. The summed E-state index contributed by atoms with van der Waals surface area (Å²) in [6.45, 7) is 4.36. The van der Waals surface area contributed by atoms with Crippen molar-refractivity contribution in [2.24, 2.45) is 11.7 Å². The van der Waals surface area contributed by atoms with E-state index in [1.54, 1.807) is 0 Å². The van der Waals surface area contributed by atoms with Crippen molar-refractivity contribution in [2.45, 2.75) is 95.2 Å². The third kappa shape index (κ3) is 4.27. The van der Waals surface area contributed by atoms with Gasteiger partial charge < -0.3 is 16.0 Å². The molecule has 2 aliphatic carbocycles. The van der Waals surface area contributed by atoms with Crippen LogP contribution in [0.5, 0.6) is 0 Å². The highest BCUT2D eigenvalue weighted by molar-refractivity contribution is 5.80. The molecule has 23 heavy (non-hydrogen) atoms. The molecule has 3 N–H and O–H groups in total. The number of hydrogen-bond donors (Lipinski definition) is 2. The van der Waals surface area contributed by atoms with Crippen LogP contribution >= 0.6 is 0 Å². The Bertz CT molecular complexity index is 395. The summed E-state index contributed by atoms with van der Waals surface area (Å²) in [6.07, 6.45) is 13.4. The van der Waals surface area contributed by atoms with E-state index in [0.717, 1.165) is 57.7 Å². The van der Waals surface area contributed by atoms with E-state index in [4.69, 9.17) is 5.73 Å². The molecule has 0 spiro atoms. The number of carbonyl (C=O) groups excluding carboxylic acids is 1. The summed E-state index contributed by atoms with van der Waals surface area (Å²) in [4.78, 5) is 15.3. The van der Waals surface area contributed by atoms with Crippen molar-refractivity contribution in [2.75, 3.05) is 13.1 Å². The Balaban J connectivity index is 1.45. The third-order valence-electron chi connectivity index (χ3n) is 6.54. The van der Waals surface area contributed by atoms with Gasteiger partial charge in [0.05, 0.1) is 5.92 Å². The first-order valence-corrected chi connectivity index (χ1v) is 9.89. The van der Waals surface area contributed by atoms with Gasteiger partial charge in [0.2, 0.25) is 5.91 Å². The summed E-state index contributed by atoms with van der Waals surface area (Å²) < 4.78 is 0. The van der Waals surface area contributed by atoms with Crippen LogP contribution in [0.25, 0.3) is 0 Å². The Morgan fingerprint density at radius 2 is 1.65 bits per heavy atom. The quantitative estimate of drug-likeness (QED) is 0.840. The summed E-state index contributed by atoms with van der Waals surface area (Å²) >= 11 is 0. The SMILES string of the molecule is CC1(N)CCCCC1C(=O)NC1CCN(C2CCCCC2)CC1. The van der Waals surface area contributed by atoms with E-state index < -0.39 is 0 Å². The summed E-state index contributed by atoms with van der Waals surface area (Å²) in [6, 6.07) is 1.17. The van der Waals surface area contributed by atoms with Gasteiger partial charge in [-0.15, -0.1) is 0 Å². The second-order valence-corrected chi connectivity index (χ2v) is 8.41. The van der Waals surface area contributed by atoms with Crippen LogP contribution in [0.15, 0.2) is 0 Å². The molecule has 4 heteroatoms. The number of rotatable bonds is 3. The van der Waals surface area contributed by atoms with Crippen molar-refractivity contribution in [3.8, 4) is 0 Å². The van der Waals surface area contributed by atoms with Crippen molar-refractivity contribution in [3.63, 3.8) is 0 Å². The van der Waals surface area contributed by atoms with Crippen LogP contribution in [0.2, 0.25) is 0 Å². The maximum absolute atomic E-state index is 12.7. The summed E-state index contributed by atoms with van der Waals surface area (Å²) in [5, 5.41) is 3.32. The summed E-state index contributed by atoms with van der Waals surface area (Å²) in [7, 11) is 0. The molecule has 2 unspecified atom stereocenters. The van der Waals surface area contributed by atoms with Gasteiger partial charge in [-0.1, -0.05) is 32.1 Å². The van der Waals surface area contributed by atoms with Gasteiger partial charge in [-0.05, 0) is 45.4 Å². The van der Waals surface area contributed by atoms with Crippen LogP contribution in [0.4, 0.5) is 0 Å². The van der Waals surface area contributed by atoms with Gasteiger partial charge in [0.1, 0.15) is 0 Å². The van der Waals surface area contributed by atoms with Crippen LogP contribution < -0.4 is 11.1 Å². The topological polar surface area (TPSA) is 58.4 Å². The molecule has 1 saturated heterocycles. The Kier molecular flexibility index (Phi) is 5.63. The number of hydrogen-bond acceptors (Lipinski definition) is 3. The summed E-state index contributed by atoms with van der Waals surface area (Å²) in [5.74, 6) is 0.221. The molecule has 3 fully saturated rings. The first-order valence-electron chi connectivity index (χ1n) is 9.89. The smallest absolute Gasteiger partial charge is 0.225 e. The average Bonchev–Trinajstić information content (AvgIpc) is 2.56. The zero-order valence-electron chi connectivity index (χ0n) is 14.9. The van der Waals surface area contributed by atoms with Gasteiger partial charge >= 0.3 is 0 Å². The Labute approximate surface area is 141 Å². The molecule has 0 aromatic heterocycles. The molecule has 2 atom stereocenters. The zero-order chi connectivity index (χ0) is 16.3. The molecule has 4 nitrogen and oxygen atoms in total. The van der Waals surface area contributed by atoms with Gasteiger partial charge in [-0.25, -0.2) is 0 Å². The van der Waals surface area contributed by atoms with Crippen molar-refractivity contribution >= 4 is 5.91 Å². The predicted molar refractivity (Wildman–Crippen MR) is 94.2 cm³/mol. The lowest BCUT2D eigenvalue weighted by molar-refractivity contribution is -0.129. The Morgan fingerprint density at radius 3 is 2.30 bits per heavy atom. The van der Waals surface area contributed by atoms with Crippen LogP contribution in [0.3, 0.4) is 0 Å². The van der Waals surface area contributed by atoms with Crippen LogP contribution in [-0.4, -0.2) is 41.5 Å². The molecule has 1 amide bonds. The van der Waals surface area contributed by atoms with Crippen molar-refractivity contribution < 1.29 is 4.79 Å². The number of nitrogens with two attached hydrogens (primary N) is 1. The fraction of sp³-hybridized carbons (Fsp3) is 0.947. The molecule has 3 rings (SSSR count). The highest BCUT2D eigenvalue weighted by Gasteiger charge is 2.38. The normalized spacial score (nSPS) is 35.1. The molecule has 1 aliphatic heterocycles. The van der Waals surface area contributed by atoms with Crippen molar-refractivity contribution in [1.29, 1.82) is 0 Å². The first-order chi connectivity index (χ1) is 11.1. The molecule has 0 aromatic rings. The van der Waals surface area contributed by atoms with Gasteiger partial charge in [-0.3, -0.25) is 4.79 Å². The molecule has 0 radical (unpaired) electrons. The lowest BCUT2D eigenvalue weighted by Crippen LogP contribution is -2.55. The van der Waals surface area contributed by atoms with Gasteiger partial charge in [-0.2, -0.15) is 0 Å². The van der Waals surface area contributed by atoms with E-state index in [0.29, 0.717) is 6.04 Å². The number of likely N-dealkylation sites (tertiary alicyclic amines) is 1. The second kappa shape index (κ2) is 7.52. The zero-order valence-corrected chi connectivity index (χ0v) is 14.9. The average molecular weight is 322 g/mol. The molecule has 1 heterocycles. The minimum absolute atomic E-state index is 0.00706. The van der Waals surface area contributed by atoms with Gasteiger partial charge in [0, 0.05) is 30.7 Å². The third-order valence-corrected chi connectivity index (χ3v) is 6.54. The number of nitrogens with one attached hydrogen (secondary N) is 1. The minimum Gasteiger partial charge on any atom is -0.353 e. The lowest BCUT2D eigenvalue weighted by Gasteiger charge is -2.41. The Hall–Kier alpha value is -0.610. The molecular weight excluding hydrogens is 286 g/mol. The standard InChI is InChI=1S/C19H35N3O/c1-19(20)12-6-5-9-17(19)18(23)21-15-10-13-22(14-11-15)16-7-3-2-4-8-16/h15-17H,2-14,20H2,1H3,(H,21,23).